The van der Waals surface area contributed by atoms with Crippen molar-refractivity contribution in [2.75, 3.05) is 5.32 Å². The topological polar surface area (TPSA) is 59.7 Å². The SMILES string of the molecule is Cc1nn(C)cc1CNC(=S)Nc1ccn(Cc2ccccc2Cl)n1. The van der Waals surface area contributed by atoms with Gasteiger partial charge < -0.3 is 10.6 Å². The van der Waals surface area contributed by atoms with Gasteiger partial charge in [-0.3, -0.25) is 9.36 Å². The highest BCUT2D eigenvalue weighted by molar-refractivity contribution is 7.80. The average molecular weight is 375 g/mol. The standard InChI is InChI=1S/C17H19ClN6S/c1-12-14(10-23(2)21-12)9-19-17(25)20-16-7-8-24(22-16)11-13-5-3-4-6-15(13)18/h3-8,10H,9,11H2,1-2H3,(H2,19,20,22,25). The van der Waals surface area contributed by atoms with Gasteiger partial charge >= 0.3 is 0 Å². The Kier molecular flexibility index (Phi) is 5.35. The van der Waals surface area contributed by atoms with Crippen LogP contribution in [0.1, 0.15) is 16.8 Å². The van der Waals surface area contributed by atoms with Gasteiger partial charge in [-0.15, -0.1) is 0 Å². The second-order valence-electron chi connectivity index (χ2n) is 5.71. The molecule has 3 rings (SSSR count). The lowest BCUT2D eigenvalue weighted by molar-refractivity contribution is 0.690. The van der Waals surface area contributed by atoms with Gasteiger partial charge in [-0.1, -0.05) is 29.8 Å². The van der Waals surface area contributed by atoms with Gasteiger partial charge in [-0.05, 0) is 30.8 Å². The molecule has 2 heterocycles. The normalized spacial score (nSPS) is 10.7. The molecule has 0 aliphatic carbocycles. The highest BCUT2D eigenvalue weighted by atomic mass is 35.5. The van der Waals surface area contributed by atoms with E-state index in [0.717, 1.165) is 21.8 Å². The van der Waals surface area contributed by atoms with E-state index in [4.69, 9.17) is 23.8 Å². The van der Waals surface area contributed by atoms with Crippen LogP contribution in [0.2, 0.25) is 5.02 Å². The lowest BCUT2D eigenvalue weighted by Crippen LogP contribution is -2.28. The van der Waals surface area contributed by atoms with Crippen LogP contribution in [-0.2, 0) is 20.1 Å². The van der Waals surface area contributed by atoms with Crippen molar-refractivity contribution >= 4 is 34.7 Å². The summed E-state index contributed by atoms with van der Waals surface area (Å²) in [5.41, 5.74) is 3.12. The summed E-state index contributed by atoms with van der Waals surface area (Å²) < 4.78 is 3.61. The maximum Gasteiger partial charge on any atom is 0.172 e. The third-order valence-electron chi connectivity index (χ3n) is 3.73. The lowest BCUT2D eigenvalue weighted by atomic mass is 10.2. The Labute approximate surface area is 156 Å². The maximum atomic E-state index is 6.18. The van der Waals surface area contributed by atoms with Crippen LogP contribution in [0.25, 0.3) is 0 Å². The molecule has 0 saturated heterocycles. The van der Waals surface area contributed by atoms with Gasteiger partial charge in [0.05, 0.1) is 12.2 Å². The predicted molar refractivity (Wildman–Crippen MR) is 104 cm³/mol. The zero-order valence-electron chi connectivity index (χ0n) is 14.0. The molecule has 25 heavy (non-hydrogen) atoms. The van der Waals surface area contributed by atoms with Gasteiger partial charge in [0.1, 0.15) is 0 Å². The van der Waals surface area contributed by atoms with Crippen LogP contribution < -0.4 is 10.6 Å². The number of nitrogens with zero attached hydrogens (tertiary/aromatic N) is 4. The molecule has 0 spiro atoms. The maximum absolute atomic E-state index is 6.18. The van der Waals surface area contributed by atoms with E-state index in [9.17, 15) is 0 Å². The van der Waals surface area contributed by atoms with E-state index in [1.54, 1.807) is 4.68 Å². The molecule has 8 heteroatoms. The summed E-state index contributed by atoms with van der Waals surface area (Å²) in [4.78, 5) is 0. The minimum absolute atomic E-state index is 0.520. The van der Waals surface area contributed by atoms with Crippen molar-refractivity contribution < 1.29 is 0 Å². The number of aryl methyl sites for hydroxylation is 2. The number of halogens is 1. The molecule has 2 aromatic heterocycles. The molecule has 0 fully saturated rings. The van der Waals surface area contributed by atoms with Crippen molar-refractivity contribution in [2.24, 2.45) is 7.05 Å². The molecule has 3 aromatic rings. The Morgan fingerprint density at radius 3 is 2.72 bits per heavy atom. The molecule has 0 aliphatic rings. The van der Waals surface area contributed by atoms with E-state index in [-0.39, 0.29) is 0 Å². The quantitative estimate of drug-likeness (QED) is 0.672. The average Bonchev–Trinajstić information content (AvgIpc) is 3.13. The Balaban J connectivity index is 1.55. The molecule has 130 valence electrons. The van der Waals surface area contributed by atoms with Crippen molar-refractivity contribution in [2.45, 2.75) is 20.0 Å². The number of rotatable bonds is 5. The zero-order valence-corrected chi connectivity index (χ0v) is 15.6. The number of hydrogen-bond donors (Lipinski definition) is 2. The van der Waals surface area contributed by atoms with Gasteiger partial charge in [0.15, 0.2) is 10.9 Å². The number of aromatic nitrogens is 4. The fourth-order valence-corrected chi connectivity index (χ4v) is 2.85. The molecule has 0 saturated carbocycles. The van der Waals surface area contributed by atoms with Gasteiger partial charge in [0.25, 0.3) is 0 Å². The van der Waals surface area contributed by atoms with Crippen molar-refractivity contribution in [3.05, 3.63) is 64.6 Å². The molecule has 0 aliphatic heterocycles. The van der Waals surface area contributed by atoms with Crippen LogP contribution in [0.15, 0.2) is 42.7 Å². The highest BCUT2D eigenvalue weighted by Crippen LogP contribution is 2.16. The molecular weight excluding hydrogens is 356 g/mol. The zero-order chi connectivity index (χ0) is 17.8. The first-order valence-electron chi connectivity index (χ1n) is 7.82. The summed E-state index contributed by atoms with van der Waals surface area (Å²) in [6.07, 6.45) is 3.86. The summed E-state index contributed by atoms with van der Waals surface area (Å²) in [5.74, 6) is 0.687. The lowest BCUT2D eigenvalue weighted by Gasteiger charge is -2.08. The fourth-order valence-electron chi connectivity index (χ4n) is 2.48. The molecule has 2 N–H and O–H groups in total. The van der Waals surface area contributed by atoms with E-state index in [1.807, 2.05) is 61.4 Å². The van der Waals surface area contributed by atoms with Crippen molar-refractivity contribution in [3.8, 4) is 0 Å². The van der Waals surface area contributed by atoms with Crippen LogP contribution in [0.4, 0.5) is 5.82 Å². The molecule has 0 atom stereocenters. The van der Waals surface area contributed by atoms with Crippen molar-refractivity contribution in [3.63, 3.8) is 0 Å². The Hall–Kier alpha value is -2.38. The highest BCUT2D eigenvalue weighted by Gasteiger charge is 2.06. The van der Waals surface area contributed by atoms with Gasteiger partial charge in [0, 0.05) is 42.6 Å². The van der Waals surface area contributed by atoms with Crippen LogP contribution in [0.3, 0.4) is 0 Å². The van der Waals surface area contributed by atoms with Gasteiger partial charge in [-0.2, -0.15) is 10.2 Å². The Bertz CT molecular complexity index is 885. The Morgan fingerprint density at radius 2 is 2.00 bits per heavy atom. The predicted octanol–water partition coefficient (Wildman–Crippen LogP) is 3.11. The minimum Gasteiger partial charge on any atom is -0.358 e. The van der Waals surface area contributed by atoms with Gasteiger partial charge in [-0.25, -0.2) is 0 Å². The largest absolute Gasteiger partial charge is 0.358 e. The van der Waals surface area contributed by atoms with Crippen LogP contribution in [0.5, 0.6) is 0 Å². The number of nitrogens with one attached hydrogen (secondary N) is 2. The van der Waals surface area contributed by atoms with Crippen molar-refractivity contribution in [1.29, 1.82) is 0 Å². The summed E-state index contributed by atoms with van der Waals surface area (Å²) in [5, 5.41) is 16.3. The number of thiocarbonyl (C=S) groups is 1. The van der Waals surface area contributed by atoms with Crippen LogP contribution >= 0.6 is 23.8 Å². The van der Waals surface area contributed by atoms with E-state index in [1.165, 1.54) is 0 Å². The molecular formula is C17H19ClN6S. The smallest absolute Gasteiger partial charge is 0.172 e. The summed E-state index contributed by atoms with van der Waals surface area (Å²) in [6, 6.07) is 9.61. The van der Waals surface area contributed by atoms with E-state index < -0.39 is 0 Å². The fraction of sp³-hybridized carbons (Fsp3) is 0.235. The van der Waals surface area contributed by atoms with E-state index in [0.29, 0.717) is 24.0 Å². The third kappa shape index (κ3) is 4.58. The third-order valence-corrected chi connectivity index (χ3v) is 4.34. The van der Waals surface area contributed by atoms with Crippen LogP contribution in [0, 0.1) is 6.92 Å². The van der Waals surface area contributed by atoms with E-state index in [2.05, 4.69) is 20.8 Å². The first-order valence-corrected chi connectivity index (χ1v) is 8.61. The number of hydrogen-bond acceptors (Lipinski definition) is 3. The first kappa shape index (κ1) is 17.4. The van der Waals surface area contributed by atoms with Gasteiger partial charge in [0.2, 0.25) is 0 Å². The molecule has 1 aromatic carbocycles. The van der Waals surface area contributed by atoms with Crippen molar-refractivity contribution in [1.82, 2.24) is 24.9 Å². The minimum atomic E-state index is 0.520. The molecule has 6 nitrogen and oxygen atoms in total. The number of anilines is 1. The van der Waals surface area contributed by atoms with E-state index >= 15 is 0 Å². The molecule has 0 bridgehead atoms. The molecule has 0 radical (unpaired) electrons. The monoisotopic (exact) mass is 374 g/mol. The summed E-state index contributed by atoms with van der Waals surface area (Å²) in [6.45, 7) is 3.20. The first-order chi connectivity index (χ1) is 12.0. The Morgan fingerprint density at radius 1 is 1.20 bits per heavy atom. The molecule has 0 unspecified atom stereocenters. The number of benzene rings is 1. The second kappa shape index (κ2) is 7.67. The second-order valence-corrected chi connectivity index (χ2v) is 6.53. The van der Waals surface area contributed by atoms with Crippen LogP contribution in [-0.4, -0.2) is 24.7 Å². The molecule has 0 amide bonds. The summed E-state index contributed by atoms with van der Waals surface area (Å²) >= 11 is 11.5. The summed E-state index contributed by atoms with van der Waals surface area (Å²) in [7, 11) is 1.90.